The lowest BCUT2D eigenvalue weighted by Gasteiger charge is -2.41. The molecule has 0 N–H and O–H groups in total. The lowest BCUT2D eigenvalue weighted by Crippen LogP contribution is -2.58. The van der Waals surface area contributed by atoms with Gasteiger partial charge < -0.3 is 9.47 Å². The second-order valence-corrected chi connectivity index (χ2v) is 5.05. The average molecular weight is 241 g/mol. The van der Waals surface area contributed by atoms with Gasteiger partial charge in [0.2, 0.25) is 0 Å². The molecular weight excluding hydrogens is 216 g/mol. The van der Waals surface area contributed by atoms with Crippen LogP contribution in [0.1, 0.15) is 32.6 Å². The molecule has 2 fully saturated rings. The van der Waals surface area contributed by atoms with Crippen molar-refractivity contribution < 1.29 is 9.47 Å². The summed E-state index contributed by atoms with van der Waals surface area (Å²) in [7, 11) is 1.79. The van der Waals surface area contributed by atoms with Gasteiger partial charge in [0.1, 0.15) is 5.66 Å². The third-order valence-electron chi connectivity index (χ3n) is 3.95. The van der Waals surface area contributed by atoms with E-state index in [0.29, 0.717) is 6.04 Å². The first-order valence-electron chi connectivity index (χ1n) is 6.84. The van der Waals surface area contributed by atoms with E-state index in [-0.39, 0.29) is 5.66 Å². The molecule has 0 aromatic heterocycles. The lowest BCUT2D eigenvalue weighted by molar-refractivity contribution is -0.0388. The van der Waals surface area contributed by atoms with Crippen LogP contribution in [-0.2, 0) is 9.47 Å². The van der Waals surface area contributed by atoms with Crippen molar-refractivity contribution in [1.82, 2.24) is 10.2 Å². The summed E-state index contributed by atoms with van der Waals surface area (Å²) in [5, 5.41) is 4.86. The SMILES string of the molecule is CCOCC1(N2CCCC2COC)CCC[N]1. The molecule has 2 aliphatic rings. The average Bonchev–Trinajstić information content (AvgIpc) is 2.96. The predicted octanol–water partition coefficient (Wildman–Crippen LogP) is 1.23. The van der Waals surface area contributed by atoms with E-state index in [1.54, 1.807) is 7.11 Å². The molecule has 4 nitrogen and oxygen atoms in total. The molecule has 2 rings (SSSR count). The van der Waals surface area contributed by atoms with Crippen LogP contribution in [0, 0.1) is 0 Å². The molecule has 2 heterocycles. The number of hydrogen-bond donors (Lipinski definition) is 0. The van der Waals surface area contributed by atoms with Crippen LogP contribution in [0.25, 0.3) is 0 Å². The van der Waals surface area contributed by atoms with Gasteiger partial charge in [-0.25, -0.2) is 5.32 Å². The molecule has 0 spiro atoms. The first kappa shape index (κ1) is 13.3. The molecule has 0 saturated carbocycles. The van der Waals surface area contributed by atoms with Gasteiger partial charge in [-0.1, -0.05) is 0 Å². The summed E-state index contributed by atoms with van der Waals surface area (Å²) >= 11 is 0. The van der Waals surface area contributed by atoms with Crippen molar-refractivity contribution in [2.24, 2.45) is 0 Å². The van der Waals surface area contributed by atoms with E-state index >= 15 is 0 Å². The Bertz CT molecular complexity index is 229. The summed E-state index contributed by atoms with van der Waals surface area (Å²) < 4.78 is 11.0. The zero-order valence-corrected chi connectivity index (χ0v) is 11.2. The Morgan fingerprint density at radius 2 is 2.29 bits per heavy atom. The highest BCUT2D eigenvalue weighted by molar-refractivity contribution is 4.98. The second-order valence-electron chi connectivity index (χ2n) is 5.05. The van der Waals surface area contributed by atoms with Gasteiger partial charge in [0, 0.05) is 32.8 Å². The van der Waals surface area contributed by atoms with Crippen molar-refractivity contribution >= 4 is 0 Å². The van der Waals surface area contributed by atoms with E-state index in [2.05, 4.69) is 11.8 Å². The smallest absolute Gasteiger partial charge is 0.111 e. The van der Waals surface area contributed by atoms with E-state index in [0.717, 1.165) is 39.3 Å². The summed E-state index contributed by atoms with van der Waals surface area (Å²) in [6, 6.07) is 0.530. The van der Waals surface area contributed by atoms with Gasteiger partial charge in [0.05, 0.1) is 13.2 Å². The van der Waals surface area contributed by atoms with E-state index in [1.165, 1.54) is 19.3 Å². The zero-order valence-electron chi connectivity index (χ0n) is 11.2. The fourth-order valence-electron chi connectivity index (χ4n) is 3.18. The highest BCUT2D eigenvalue weighted by Crippen LogP contribution is 2.33. The molecule has 2 unspecified atom stereocenters. The standard InChI is InChI=1S/C13H25N2O2/c1-3-17-11-13(7-5-8-14-13)15-9-4-6-12(15)10-16-2/h12H,3-11H2,1-2H3. The van der Waals surface area contributed by atoms with Gasteiger partial charge >= 0.3 is 0 Å². The zero-order chi connectivity index (χ0) is 12.1. The Morgan fingerprint density at radius 3 is 2.94 bits per heavy atom. The Morgan fingerprint density at radius 1 is 1.41 bits per heavy atom. The first-order chi connectivity index (χ1) is 8.32. The van der Waals surface area contributed by atoms with Gasteiger partial charge in [-0.15, -0.1) is 0 Å². The number of likely N-dealkylation sites (tertiary alicyclic amines) is 1. The maximum atomic E-state index is 5.68. The molecule has 2 atom stereocenters. The summed E-state index contributed by atoms with van der Waals surface area (Å²) in [5.41, 5.74) is -0.0459. The third kappa shape index (κ3) is 2.81. The largest absolute Gasteiger partial charge is 0.383 e. The maximum Gasteiger partial charge on any atom is 0.111 e. The monoisotopic (exact) mass is 241 g/mol. The maximum absolute atomic E-state index is 5.68. The van der Waals surface area contributed by atoms with Crippen molar-refractivity contribution in [2.75, 3.05) is 40.0 Å². The van der Waals surface area contributed by atoms with Crippen LogP contribution in [0.2, 0.25) is 0 Å². The molecule has 2 saturated heterocycles. The number of rotatable bonds is 6. The van der Waals surface area contributed by atoms with Crippen LogP contribution in [0.5, 0.6) is 0 Å². The highest BCUT2D eigenvalue weighted by Gasteiger charge is 2.45. The fourth-order valence-corrected chi connectivity index (χ4v) is 3.18. The number of hydrogen-bond acceptors (Lipinski definition) is 3. The van der Waals surface area contributed by atoms with E-state index in [1.807, 2.05) is 0 Å². The second kappa shape index (κ2) is 6.14. The van der Waals surface area contributed by atoms with E-state index in [9.17, 15) is 0 Å². The van der Waals surface area contributed by atoms with Gasteiger partial charge in [-0.05, 0) is 32.6 Å². The molecule has 0 aromatic carbocycles. The summed E-state index contributed by atoms with van der Waals surface area (Å²) in [5.74, 6) is 0. The fraction of sp³-hybridized carbons (Fsp3) is 1.00. The summed E-state index contributed by atoms with van der Waals surface area (Å²) in [4.78, 5) is 2.54. The topological polar surface area (TPSA) is 35.8 Å². The quantitative estimate of drug-likeness (QED) is 0.701. The molecule has 2 aliphatic heterocycles. The number of methoxy groups -OCH3 is 1. The van der Waals surface area contributed by atoms with Crippen LogP contribution in [0.15, 0.2) is 0 Å². The minimum atomic E-state index is -0.0459. The van der Waals surface area contributed by atoms with Gasteiger partial charge in [-0.2, -0.15) is 0 Å². The van der Waals surface area contributed by atoms with E-state index < -0.39 is 0 Å². The van der Waals surface area contributed by atoms with E-state index in [4.69, 9.17) is 14.8 Å². The van der Waals surface area contributed by atoms with Crippen LogP contribution in [0.4, 0.5) is 0 Å². The van der Waals surface area contributed by atoms with Crippen LogP contribution < -0.4 is 5.32 Å². The molecule has 0 amide bonds. The molecule has 0 bridgehead atoms. The lowest BCUT2D eigenvalue weighted by atomic mass is 10.1. The predicted molar refractivity (Wildman–Crippen MR) is 67.1 cm³/mol. The molecule has 1 radical (unpaired) electrons. The summed E-state index contributed by atoms with van der Waals surface area (Å²) in [6.07, 6.45) is 4.84. The highest BCUT2D eigenvalue weighted by atomic mass is 16.5. The van der Waals surface area contributed by atoms with Gasteiger partial charge in [-0.3, -0.25) is 4.90 Å². The minimum Gasteiger partial charge on any atom is -0.383 e. The van der Waals surface area contributed by atoms with Gasteiger partial charge in [0.25, 0.3) is 0 Å². The third-order valence-corrected chi connectivity index (χ3v) is 3.95. The van der Waals surface area contributed by atoms with Crippen molar-refractivity contribution in [3.8, 4) is 0 Å². The Kier molecular flexibility index (Phi) is 4.79. The minimum absolute atomic E-state index is 0.0459. The summed E-state index contributed by atoms with van der Waals surface area (Å²) in [6.45, 7) is 6.54. The Balaban J connectivity index is 2.03. The number of ether oxygens (including phenoxy) is 2. The first-order valence-corrected chi connectivity index (χ1v) is 6.84. The Hall–Kier alpha value is -0.160. The molecule has 0 aromatic rings. The van der Waals surface area contributed by atoms with Gasteiger partial charge in [0.15, 0.2) is 0 Å². The Labute approximate surface area is 105 Å². The van der Waals surface area contributed by atoms with Crippen molar-refractivity contribution in [2.45, 2.75) is 44.3 Å². The molecule has 17 heavy (non-hydrogen) atoms. The van der Waals surface area contributed by atoms with Crippen LogP contribution in [-0.4, -0.2) is 56.6 Å². The van der Waals surface area contributed by atoms with Crippen LogP contribution >= 0.6 is 0 Å². The number of nitrogens with zero attached hydrogens (tertiary/aromatic N) is 2. The van der Waals surface area contributed by atoms with Crippen molar-refractivity contribution in [1.29, 1.82) is 0 Å². The molecular formula is C13H25N2O2. The normalized spacial score (nSPS) is 34.6. The molecule has 4 heteroatoms. The van der Waals surface area contributed by atoms with Crippen molar-refractivity contribution in [3.05, 3.63) is 0 Å². The van der Waals surface area contributed by atoms with Crippen LogP contribution in [0.3, 0.4) is 0 Å². The van der Waals surface area contributed by atoms with Crippen molar-refractivity contribution in [3.63, 3.8) is 0 Å². The molecule has 0 aliphatic carbocycles. The molecule has 99 valence electrons.